The molecule has 0 atom stereocenters. The first-order valence-corrected chi connectivity index (χ1v) is 15.7. The molecule has 0 aliphatic rings. The van der Waals surface area contributed by atoms with Crippen LogP contribution >= 0.6 is 0 Å². The van der Waals surface area contributed by atoms with Gasteiger partial charge >= 0.3 is 5.97 Å². The van der Waals surface area contributed by atoms with E-state index in [0.29, 0.717) is 79.3 Å². The van der Waals surface area contributed by atoms with Crippen LogP contribution in [0.4, 0.5) is 0 Å². The summed E-state index contributed by atoms with van der Waals surface area (Å²) in [6, 6.07) is 0. The van der Waals surface area contributed by atoms with Gasteiger partial charge in [-0.25, -0.2) is 4.79 Å². The first kappa shape index (κ1) is 39.2. The zero-order chi connectivity index (χ0) is 29.4. The monoisotopic (exact) mass is 578 g/mol. The van der Waals surface area contributed by atoms with Gasteiger partial charge in [-0.2, -0.15) is 0 Å². The predicted molar refractivity (Wildman–Crippen MR) is 158 cm³/mol. The van der Waals surface area contributed by atoms with Gasteiger partial charge < -0.3 is 37.9 Å². The molecule has 0 spiro atoms. The second-order valence-corrected chi connectivity index (χ2v) is 10.8. The fourth-order valence-electron chi connectivity index (χ4n) is 3.71. The highest BCUT2D eigenvalue weighted by Gasteiger charge is 2.15. The molecular formula is C31H62O9. The summed E-state index contributed by atoms with van der Waals surface area (Å²) >= 11 is 0. The molecule has 0 saturated heterocycles. The molecule has 0 amide bonds. The summed E-state index contributed by atoms with van der Waals surface area (Å²) in [5.41, 5.74) is -0.499. The summed E-state index contributed by atoms with van der Waals surface area (Å²) in [5.74, 6) is -0.375. The molecular weight excluding hydrogens is 516 g/mol. The molecule has 0 aromatic heterocycles. The van der Waals surface area contributed by atoms with Gasteiger partial charge in [0.2, 0.25) is 0 Å². The molecule has 40 heavy (non-hydrogen) atoms. The van der Waals surface area contributed by atoms with E-state index in [1.165, 1.54) is 64.2 Å². The van der Waals surface area contributed by atoms with Crippen molar-refractivity contribution in [1.82, 2.24) is 0 Å². The molecule has 0 radical (unpaired) electrons. The molecule has 0 aliphatic carbocycles. The third-order valence-corrected chi connectivity index (χ3v) is 5.76. The van der Waals surface area contributed by atoms with Gasteiger partial charge in [0.15, 0.2) is 0 Å². The smallest absolute Gasteiger partial charge is 0.332 e. The van der Waals surface area contributed by atoms with Crippen molar-refractivity contribution in [2.24, 2.45) is 0 Å². The molecule has 0 bridgehead atoms. The minimum Gasteiger partial charge on any atom is -0.458 e. The largest absolute Gasteiger partial charge is 0.458 e. The number of hydrogen-bond acceptors (Lipinski definition) is 9. The number of rotatable bonds is 32. The third-order valence-electron chi connectivity index (χ3n) is 5.76. The summed E-state index contributed by atoms with van der Waals surface area (Å²) in [7, 11) is 0. The molecule has 9 heteroatoms. The van der Waals surface area contributed by atoms with Crippen molar-refractivity contribution in [3.05, 3.63) is 0 Å². The highest BCUT2D eigenvalue weighted by Crippen LogP contribution is 2.11. The Bertz CT molecular complexity index is 512. The zero-order valence-electron chi connectivity index (χ0n) is 26.4. The number of ether oxygens (including phenoxy) is 8. The van der Waals surface area contributed by atoms with Crippen molar-refractivity contribution < 1.29 is 42.7 Å². The van der Waals surface area contributed by atoms with Crippen LogP contribution in [0.3, 0.4) is 0 Å². The first-order valence-electron chi connectivity index (χ1n) is 15.7. The van der Waals surface area contributed by atoms with E-state index in [-0.39, 0.29) is 12.6 Å². The molecule has 0 fully saturated rings. The van der Waals surface area contributed by atoms with Gasteiger partial charge in [0, 0.05) is 6.61 Å². The van der Waals surface area contributed by atoms with Gasteiger partial charge in [-0.1, -0.05) is 71.1 Å². The molecule has 0 aliphatic heterocycles. The summed E-state index contributed by atoms with van der Waals surface area (Å²) in [6.45, 7) is 14.6. The van der Waals surface area contributed by atoms with Crippen LogP contribution in [0.25, 0.3) is 0 Å². The topological polar surface area (TPSA) is 90.9 Å². The van der Waals surface area contributed by atoms with Crippen LogP contribution in [-0.2, 0) is 42.7 Å². The maximum absolute atomic E-state index is 11.5. The van der Waals surface area contributed by atoms with Gasteiger partial charge in [0.05, 0.1) is 79.3 Å². The van der Waals surface area contributed by atoms with E-state index in [1.54, 1.807) is 0 Å². The van der Waals surface area contributed by atoms with Gasteiger partial charge in [0.25, 0.3) is 0 Å². The van der Waals surface area contributed by atoms with Crippen LogP contribution < -0.4 is 0 Å². The van der Waals surface area contributed by atoms with Crippen LogP contribution in [-0.4, -0.2) is 104 Å². The van der Waals surface area contributed by atoms with Crippen molar-refractivity contribution in [3.63, 3.8) is 0 Å². The lowest BCUT2D eigenvalue weighted by molar-refractivity contribution is -0.160. The van der Waals surface area contributed by atoms with Crippen molar-refractivity contribution >= 4 is 5.97 Å². The Morgan fingerprint density at radius 1 is 0.425 bits per heavy atom. The standard InChI is InChI=1S/C31H62O9/c1-5-6-7-8-9-10-11-12-13-14-15-16-33-17-18-34-19-20-35-21-22-36-23-24-37-25-26-38-27-28-39-29-30(32)40-31(2,3)4/h5-29H2,1-4H3. The van der Waals surface area contributed by atoms with Crippen LogP contribution in [0.15, 0.2) is 0 Å². The number of carbonyl (C=O) groups is 1. The van der Waals surface area contributed by atoms with Crippen LogP contribution in [0.1, 0.15) is 98.3 Å². The van der Waals surface area contributed by atoms with Gasteiger partial charge in [-0.15, -0.1) is 0 Å². The van der Waals surface area contributed by atoms with Gasteiger partial charge in [-0.3, -0.25) is 0 Å². The van der Waals surface area contributed by atoms with Crippen molar-refractivity contribution in [1.29, 1.82) is 0 Å². The Morgan fingerprint density at radius 2 is 0.725 bits per heavy atom. The highest BCUT2D eigenvalue weighted by molar-refractivity contribution is 5.71. The number of carbonyl (C=O) groups excluding carboxylic acids is 1. The van der Waals surface area contributed by atoms with E-state index in [4.69, 9.17) is 37.9 Å². The first-order chi connectivity index (χ1) is 19.5. The fourth-order valence-corrected chi connectivity index (χ4v) is 3.71. The molecule has 9 nitrogen and oxygen atoms in total. The van der Waals surface area contributed by atoms with Crippen LogP contribution in [0, 0.1) is 0 Å². The number of unbranched alkanes of at least 4 members (excludes halogenated alkanes) is 10. The van der Waals surface area contributed by atoms with E-state index in [2.05, 4.69) is 6.92 Å². The minimum absolute atomic E-state index is 0.0697. The maximum Gasteiger partial charge on any atom is 0.332 e. The molecule has 0 rings (SSSR count). The lowest BCUT2D eigenvalue weighted by Gasteiger charge is -2.19. The van der Waals surface area contributed by atoms with E-state index in [1.807, 2.05) is 20.8 Å². The van der Waals surface area contributed by atoms with Crippen LogP contribution in [0.5, 0.6) is 0 Å². The quantitative estimate of drug-likeness (QED) is 0.0730. The van der Waals surface area contributed by atoms with Crippen LogP contribution in [0.2, 0.25) is 0 Å². The Morgan fingerprint density at radius 3 is 1.07 bits per heavy atom. The Labute approximate surface area is 245 Å². The third kappa shape index (κ3) is 35.2. The molecule has 0 aromatic rings. The lowest BCUT2D eigenvalue weighted by atomic mass is 10.1. The normalized spacial score (nSPS) is 11.8. The Balaban J connectivity index is 3.09. The SMILES string of the molecule is CCCCCCCCCCCCCOCCOCCOCCOCCOCCOCCOCC(=O)OC(C)(C)C. The van der Waals surface area contributed by atoms with E-state index in [0.717, 1.165) is 13.0 Å². The molecule has 0 aromatic carbocycles. The van der Waals surface area contributed by atoms with Crippen molar-refractivity contribution in [3.8, 4) is 0 Å². The molecule has 0 heterocycles. The second kappa shape index (κ2) is 31.1. The molecule has 0 unspecified atom stereocenters. The van der Waals surface area contributed by atoms with Crippen molar-refractivity contribution in [2.75, 3.05) is 92.5 Å². The van der Waals surface area contributed by atoms with E-state index >= 15 is 0 Å². The zero-order valence-corrected chi connectivity index (χ0v) is 26.4. The lowest BCUT2D eigenvalue weighted by Crippen LogP contribution is -2.27. The van der Waals surface area contributed by atoms with E-state index < -0.39 is 5.60 Å². The van der Waals surface area contributed by atoms with E-state index in [9.17, 15) is 4.79 Å². The maximum atomic E-state index is 11.5. The fraction of sp³-hybridized carbons (Fsp3) is 0.968. The Kier molecular flexibility index (Phi) is 30.5. The summed E-state index contributed by atoms with van der Waals surface area (Å²) in [4.78, 5) is 11.5. The highest BCUT2D eigenvalue weighted by atomic mass is 16.6. The van der Waals surface area contributed by atoms with Gasteiger partial charge in [-0.05, 0) is 27.2 Å². The van der Waals surface area contributed by atoms with Crippen molar-refractivity contribution in [2.45, 2.75) is 104 Å². The molecule has 0 N–H and O–H groups in total. The predicted octanol–water partition coefficient (Wildman–Crippen LogP) is 5.76. The number of hydrogen-bond donors (Lipinski definition) is 0. The summed E-state index contributed by atoms with van der Waals surface area (Å²) < 4.78 is 43.3. The molecule has 0 saturated carbocycles. The minimum atomic E-state index is -0.499. The number of esters is 1. The average Bonchev–Trinajstić information content (AvgIpc) is 2.90. The molecule has 240 valence electrons. The summed E-state index contributed by atoms with van der Waals surface area (Å²) in [5, 5.41) is 0. The second-order valence-electron chi connectivity index (χ2n) is 10.8. The Hall–Kier alpha value is -0.810. The summed E-state index contributed by atoms with van der Waals surface area (Å²) in [6.07, 6.45) is 14.9. The average molecular weight is 579 g/mol. The van der Waals surface area contributed by atoms with Gasteiger partial charge in [0.1, 0.15) is 12.2 Å².